The molecule has 0 aromatic carbocycles. The second-order valence-electron chi connectivity index (χ2n) is 2.87. The van der Waals surface area contributed by atoms with Crippen molar-refractivity contribution in [1.29, 1.82) is 0 Å². The number of nitrogens with zero attached hydrogens (tertiary/aromatic N) is 1. The van der Waals surface area contributed by atoms with Gasteiger partial charge in [-0.25, -0.2) is 4.98 Å². The number of thiazole rings is 1. The van der Waals surface area contributed by atoms with E-state index in [1.165, 1.54) is 4.88 Å². The third-order valence-electron chi connectivity index (χ3n) is 1.84. The summed E-state index contributed by atoms with van der Waals surface area (Å²) < 4.78 is 0. The SMILES string of the molecule is C=CCCC(NN)c1cnc(C)s1. The third kappa shape index (κ3) is 2.91. The normalized spacial score (nSPS) is 12.8. The van der Waals surface area contributed by atoms with Crippen LogP contribution in [0.2, 0.25) is 0 Å². The highest BCUT2D eigenvalue weighted by atomic mass is 32.1. The van der Waals surface area contributed by atoms with E-state index in [1.807, 2.05) is 19.2 Å². The fourth-order valence-electron chi connectivity index (χ4n) is 1.13. The van der Waals surface area contributed by atoms with Gasteiger partial charge in [-0.2, -0.15) is 0 Å². The van der Waals surface area contributed by atoms with Gasteiger partial charge in [0.1, 0.15) is 0 Å². The number of hydrogen-bond donors (Lipinski definition) is 2. The zero-order valence-electron chi connectivity index (χ0n) is 7.79. The molecule has 1 rings (SSSR count). The first-order valence-electron chi connectivity index (χ1n) is 4.27. The minimum Gasteiger partial charge on any atom is -0.271 e. The largest absolute Gasteiger partial charge is 0.271 e. The molecule has 3 N–H and O–H groups in total. The number of hydrazine groups is 1. The predicted octanol–water partition coefficient (Wildman–Crippen LogP) is 1.92. The zero-order chi connectivity index (χ0) is 9.68. The van der Waals surface area contributed by atoms with Crippen LogP contribution in [0.1, 0.15) is 28.8 Å². The Kier molecular flexibility index (Phi) is 4.08. The quantitative estimate of drug-likeness (QED) is 0.431. The minimum atomic E-state index is 0.212. The Balaban J connectivity index is 2.60. The van der Waals surface area contributed by atoms with E-state index < -0.39 is 0 Å². The molecule has 0 radical (unpaired) electrons. The highest BCUT2D eigenvalue weighted by molar-refractivity contribution is 7.11. The molecule has 1 aromatic rings. The lowest BCUT2D eigenvalue weighted by atomic mass is 10.1. The van der Waals surface area contributed by atoms with E-state index in [1.54, 1.807) is 11.3 Å². The van der Waals surface area contributed by atoms with Crippen LogP contribution in [-0.4, -0.2) is 4.98 Å². The summed E-state index contributed by atoms with van der Waals surface area (Å²) in [5.41, 5.74) is 2.79. The average molecular weight is 197 g/mol. The van der Waals surface area contributed by atoms with Gasteiger partial charge in [-0.3, -0.25) is 11.3 Å². The first kappa shape index (κ1) is 10.4. The molecule has 72 valence electrons. The summed E-state index contributed by atoms with van der Waals surface area (Å²) in [5.74, 6) is 5.45. The average Bonchev–Trinajstić information content (AvgIpc) is 2.54. The van der Waals surface area contributed by atoms with Crippen molar-refractivity contribution in [3.8, 4) is 0 Å². The molecule has 0 saturated carbocycles. The second-order valence-corrected chi connectivity index (χ2v) is 4.13. The topological polar surface area (TPSA) is 50.9 Å². The van der Waals surface area contributed by atoms with Crippen molar-refractivity contribution in [3.05, 3.63) is 28.7 Å². The maximum absolute atomic E-state index is 5.45. The van der Waals surface area contributed by atoms with E-state index in [0.717, 1.165) is 17.8 Å². The molecule has 0 aliphatic carbocycles. The molecule has 0 saturated heterocycles. The van der Waals surface area contributed by atoms with Crippen LogP contribution in [0, 0.1) is 6.92 Å². The lowest BCUT2D eigenvalue weighted by Gasteiger charge is -2.11. The summed E-state index contributed by atoms with van der Waals surface area (Å²) in [7, 11) is 0. The van der Waals surface area contributed by atoms with Gasteiger partial charge in [-0.1, -0.05) is 6.08 Å². The Labute approximate surface area is 82.7 Å². The second kappa shape index (κ2) is 5.11. The predicted molar refractivity (Wildman–Crippen MR) is 56.3 cm³/mol. The number of aryl methyl sites for hydroxylation is 1. The van der Waals surface area contributed by atoms with Gasteiger partial charge in [0.2, 0.25) is 0 Å². The van der Waals surface area contributed by atoms with Gasteiger partial charge < -0.3 is 0 Å². The van der Waals surface area contributed by atoms with Crippen molar-refractivity contribution < 1.29 is 0 Å². The van der Waals surface area contributed by atoms with Gasteiger partial charge in [0.05, 0.1) is 11.0 Å². The highest BCUT2D eigenvalue weighted by Crippen LogP contribution is 2.23. The molecular weight excluding hydrogens is 182 g/mol. The van der Waals surface area contributed by atoms with Crippen molar-refractivity contribution >= 4 is 11.3 Å². The van der Waals surface area contributed by atoms with Crippen molar-refractivity contribution in [1.82, 2.24) is 10.4 Å². The van der Waals surface area contributed by atoms with Crippen LogP contribution in [0.3, 0.4) is 0 Å². The number of nitrogens with one attached hydrogen (secondary N) is 1. The van der Waals surface area contributed by atoms with Crippen LogP contribution in [0.25, 0.3) is 0 Å². The molecule has 0 aliphatic rings. The van der Waals surface area contributed by atoms with Crippen LogP contribution in [0.15, 0.2) is 18.9 Å². The van der Waals surface area contributed by atoms with E-state index in [9.17, 15) is 0 Å². The Bertz CT molecular complexity index is 270. The van der Waals surface area contributed by atoms with Crippen LogP contribution in [-0.2, 0) is 0 Å². The standard InChI is InChI=1S/C9H15N3S/c1-3-4-5-8(12-10)9-6-11-7(2)13-9/h3,6,8,12H,1,4-5,10H2,2H3. The molecule has 1 aromatic heterocycles. The van der Waals surface area contributed by atoms with Crippen molar-refractivity contribution in [2.75, 3.05) is 0 Å². The molecule has 3 nitrogen and oxygen atoms in total. The van der Waals surface area contributed by atoms with Crippen molar-refractivity contribution in [2.24, 2.45) is 5.84 Å². The van der Waals surface area contributed by atoms with E-state index in [-0.39, 0.29) is 6.04 Å². The Hall–Kier alpha value is -0.710. The van der Waals surface area contributed by atoms with E-state index >= 15 is 0 Å². The molecule has 1 atom stereocenters. The monoisotopic (exact) mass is 197 g/mol. The molecule has 0 bridgehead atoms. The summed E-state index contributed by atoms with van der Waals surface area (Å²) in [4.78, 5) is 5.39. The van der Waals surface area contributed by atoms with Crippen LogP contribution in [0.4, 0.5) is 0 Å². The molecule has 1 heterocycles. The van der Waals surface area contributed by atoms with Crippen molar-refractivity contribution in [2.45, 2.75) is 25.8 Å². The van der Waals surface area contributed by atoms with Crippen LogP contribution in [0.5, 0.6) is 0 Å². The van der Waals surface area contributed by atoms with E-state index in [2.05, 4.69) is 17.0 Å². The Morgan fingerprint density at radius 1 is 1.85 bits per heavy atom. The smallest absolute Gasteiger partial charge is 0.0897 e. The first-order valence-corrected chi connectivity index (χ1v) is 5.09. The molecule has 13 heavy (non-hydrogen) atoms. The first-order chi connectivity index (χ1) is 6.27. The van der Waals surface area contributed by atoms with Crippen LogP contribution >= 0.6 is 11.3 Å². The fourth-order valence-corrected chi connectivity index (χ4v) is 2.01. The van der Waals surface area contributed by atoms with Gasteiger partial charge in [0.25, 0.3) is 0 Å². The summed E-state index contributed by atoms with van der Waals surface area (Å²) in [5, 5.41) is 1.08. The summed E-state index contributed by atoms with van der Waals surface area (Å²) in [6.07, 6.45) is 5.72. The summed E-state index contributed by atoms with van der Waals surface area (Å²) in [6, 6.07) is 0.212. The van der Waals surface area contributed by atoms with Gasteiger partial charge in [0.15, 0.2) is 0 Å². The van der Waals surface area contributed by atoms with Gasteiger partial charge in [0, 0.05) is 11.1 Å². The lowest BCUT2D eigenvalue weighted by molar-refractivity contribution is 0.528. The fraction of sp³-hybridized carbons (Fsp3) is 0.444. The molecule has 0 fully saturated rings. The maximum Gasteiger partial charge on any atom is 0.0897 e. The number of rotatable bonds is 5. The molecule has 4 heteroatoms. The molecule has 0 aliphatic heterocycles. The van der Waals surface area contributed by atoms with Crippen LogP contribution < -0.4 is 11.3 Å². The van der Waals surface area contributed by atoms with Crippen molar-refractivity contribution in [3.63, 3.8) is 0 Å². The number of nitrogens with two attached hydrogens (primary N) is 1. The molecular formula is C9H15N3S. The van der Waals surface area contributed by atoms with E-state index in [0.29, 0.717) is 0 Å². The maximum atomic E-state index is 5.45. The Morgan fingerprint density at radius 3 is 3.08 bits per heavy atom. The highest BCUT2D eigenvalue weighted by Gasteiger charge is 2.10. The minimum absolute atomic E-state index is 0.212. The molecule has 0 amide bonds. The summed E-state index contributed by atoms with van der Waals surface area (Å²) >= 11 is 1.68. The number of allylic oxidation sites excluding steroid dienone is 1. The van der Waals surface area contributed by atoms with Gasteiger partial charge in [-0.15, -0.1) is 17.9 Å². The number of aromatic nitrogens is 1. The number of hydrogen-bond acceptors (Lipinski definition) is 4. The zero-order valence-corrected chi connectivity index (χ0v) is 8.60. The van der Waals surface area contributed by atoms with Gasteiger partial charge >= 0.3 is 0 Å². The molecule has 0 spiro atoms. The van der Waals surface area contributed by atoms with Gasteiger partial charge in [-0.05, 0) is 19.8 Å². The third-order valence-corrected chi connectivity index (χ3v) is 2.87. The summed E-state index contributed by atoms with van der Waals surface area (Å²) in [6.45, 7) is 5.68. The molecule has 1 unspecified atom stereocenters. The van der Waals surface area contributed by atoms with E-state index in [4.69, 9.17) is 5.84 Å². The Morgan fingerprint density at radius 2 is 2.62 bits per heavy atom. The lowest BCUT2D eigenvalue weighted by Crippen LogP contribution is -2.27.